The number of rotatable bonds is 21. The molecule has 20 rings (SSSR count). The Kier molecular flexibility index (Phi) is 27.6. The number of para-hydroxylation sites is 4. The van der Waals surface area contributed by atoms with Gasteiger partial charge in [0.2, 0.25) is 21.8 Å². The number of ether oxygens (including phenoxy) is 4. The van der Waals surface area contributed by atoms with Gasteiger partial charge in [0.1, 0.15) is 117 Å². The first-order valence-electron chi connectivity index (χ1n) is 43.7. The van der Waals surface area contributed by atoms with Crippen LogP contribution >= 0.6 is 0 Å². The van der Waals surface area contributed by atoms with Crippen molar-refractivity contribution in [3.63, 3.8) is 0 Å². The zero-order chi connectivity index (χ0) is 92.8. The van der Waals surface area contributed by atoms with Crippen molar-refractivity contribution in [2.24, 2.45) is 0 Å². The second kappa shape index (κ2) is 41.0. The molecule has 0 bridgehead atoms. The number of hydrogen-bond donors (Lipinski definition) is 4. The minimum absolute atomic E-state index is 0.00566. The van der Waals surface area contributed by atoms with Gasteiger partial charge in [0.25, 0.3) is 0 Å². The van der Waals surface area contributed by atoms with Gasteiger partial charge >= 0.3 is 0 Å². The SMILES string of the molecule is C#CS(=O)N1CCCC(n2nc(-c3ccc(Oc4ccccc4)cc3)c3c(N)ncnc32)C1.C/C=C/C(=O)N1CCCC(n2nc(-c3ccc(Oc4ccccc4)cc3)c3c(N)ncnc32)C1.C=CC(=O)N1CCCC(n2nc(-c3ccc(Oc4ccccc4)cc3)c3c(N)ncnc32)C1.C=CS(=O)(=O)N1CCCC(n2nc(-c3ccc(Oc4ccccc4)cc3)c3c(N)ncnc32)C1. The number of nitrogens with two attached hydrogens (primary N) is 4. The number of allylic oxidation sites excluding steroid dienone is 1. The third-order valence-electron chi connectivity index (χ3n) is 23.4. The van der Waals surface area contributed by atoms with Crippen molar-refractivity contribution in [1.82, 2.24) is 97.4 Å². The van der Waals surface area contributed by atoms with Crippen LogP contribution in [0.4, 0.5) is 23.3 Å². The number of piperidine rings is 4. The maximum atomic E-state index is 12.4. The Labute approximate surface area is 775 Å². The number of fused-ring (bicyclic) bond motifs is 4. The lowest BCUT2D eigenvalue weighted by molar-refractivity contribution is -0.128. The van der Waals surface area contributed by atoms with Crippen molar-refractivity contribution in [2.45, 2.75) is 82.5 Å². The van der Waals surface area contributed by atoms with Crippen molar-refractivity contribution in [1.29, 1.82) is 0 Å². The summed E-state index contributed by atoms with van der Waals surface area (Å²) in [4.78, 5) is 62.9. The molecule has 8 N–H and O–H groups in total. The summed E-state index contributed by atoms with van der Waals surface area (Å²) in [5.74, 6) is 7.33. The molecule has 16 aromatic rings. The van der Waals surface area contributed by atoms with Gasteiger partial charge in [-0.05, 0) is 216 Å². The van der Waals surface area contributed by atoms with E-state index < -0.39 is 21.0 Å². The van der Waals surface area contributed by atoms with Crippen molar-refractivity contribution in [3.8, 4) is 103 Å². The Morgan fingerprint density at radius 1 is 0.396 bits per heavy atom. The molecule has 0 spiro atoms. The quantitative estimate of drug-likeness (QED) is 0.0383. The molecule has 4 fully saturated rings. The Morgan fingerprint density at radius 2 is 0.679 bits per heavy atom. The third kappa shape index (κ3) is 20.2. The van der Waals surface area contributed by atoms with Crippen LogP contribution in [0.15, 0.2) is 280 Å². The van der Waals surface area contributed by atoms with Gasteiger partial charge in [-0.25, -0.2) is 75.5 Å². The molecule has 12 heterocycles. The van der Waals surface area contributed by atoms with Gasteiger partial charge in [0.15, 0.2) is 33.6 Å². The average Bonchev–Trinajstić information content (AvgIpc) is 1.62. The standard InChI is InChI=1S/C26H26N6O2.C25H24N6O2.C24H24N6O3S.C24H22N6O2S/c1-2-7-22(33)31-15-6-8-19(16-31)32-26-23(25(27)28-17-29-26)24(30-32)18-11-13-21(14-12-18)34-20-9-4-3-5-10-20;1-2-21(32)30-14-6-7-18(15-30)31-25-22(24(26)27-16-28-25)23(29-31)17-10-12-20(13-11-17)33-19-8-4-3-5-9-19;1-2-34(31,32)29-14-6-7-18(15-29)30-24-21(23(25)26-16-27-24)22(28-30)17-10-12-20(13-11-17)33-19-8-4-3-5-9-19;1-2-33(31)29-14-6-7-18(15-29)30-24-21(23(25)26-16-27-24)22(28-30)17-10-12-20(13-11-17)32-19-8-4-3-5-9-19/h2-5,7,9-14,17,19H,6,8,15-16H2,1H3,(H2,27,28,29);2-5,8-13,16,18H,1,6-7,14-15H2,(H2,26,27,28);2-5,8-13,16,18H,1,6-7,14-15H2,(H2,25,26,27);1,3-5,8-13,16,18H,6-7,14-15H2,(H2,25,26,27)/b7-2+;;;. The van der Waals surface area contributed by atoms with Crippen LogP contribution in [0.25, 0.3) is 89.2 Å². The van der Waals surface area contributed by atoms with Crippen LogP contribution in [0.1, 0.15) is 82.5 Å². The maximum Gasteiger partial charge on any atom is 0.246 e. The molecule has 4 saturated heterocycles. The molecule has 33 nitrogen and oxygen atoms in total. The fourth-order valence-corrected chi connectivity index (χ4v) is 18.6. The number of amides is 2. The van der Waals surface area contributed by atoms with E-state index in [2.05, 4.69) is 58.3 Å². The number of aromatic nitrogens is 16. The van der Waals surface area contributed by atoms with Crippen LogP contribution in [-0.4, -0.2) is 174 Å². The largest absolute Gasteiger partial charge is 0.457 e. The van der Waals surface area contributed by atoms with E-state index in [0.717, 1.165) is 130 Å². The smallest absolute Gasteiger partial charge is 0.246 e. The molecule has 4 aliphatic heterocycles. The van der Waals surface area contributed by atoms with Gasteiger partial charge < -0.3 is 51.7 Å². The van der Waals surface area contributed by atoms with Crippen LogP contribution < -0.4 is 41.9 Å². The van der Waals surface area contributed by atoms with Gasteiger partial charge in [-0.2, -0.15) is 24.7 Å². The van der Waals surface area contributed by atoms with E-state index in [1.165, 1.54) is 35.7 Å². The molecule has 8 aromatic heterocycles. The van der Waals surface area contributed by atoms with Gasteiger partial charge in [-0.1, -0.05) is 92.0 Å². The molecular formula is C99H96N24O9S2. The van der Waals surface area contributed by atoms with Crippen LogP contribution in [0.5, 0.6) is 46.0 Å². The van der Waals surface area contributed by atoms with Crippen molar-refractivity contribution in [2.75, 3.05) is 75.3 Å². The molecule has 134 heavy (non-hydrogen) atoms. The summed E-state index contributed by atoms with van der Waals surface area (Å²) in [6.07, 6.45) is 22.7. The second-order valence-electron chi connectivity index (χ2n) is 32.0. The summed E-state index contributed by atoms with van der Waals surface area (Å²) in [6.45, 7) is 13.5. The highest BCUT2D eigenvalue weighted by Crippen LogP contribution is 2.42. The fourth-order valence-electron chi connectivity index (χ4n) is 16.9. The number of nitrogen functional groups attached to an aromatic ring is 4. The molecule has 8 aromatic carbocycles. The van der Waals surface area contributed by atoms with E-state index in [1.807, 2.05) is 244 Å². The number of carbonyl (C=O) groups excluding carboxylic acids is 2. The number of terminal acetylenes is 1. The molecule has 2 amide bonds. The van der Waals surface area contributed by atoms with Crippen molar-refractivity contribution in [3.05, 3.63) is 280 Å². The predicted octanol–water partition coefficient (Wildman–Crippen LogP) is 16.6. The minimum Gasteiger partial charge on any atom is -0.457 e. The minimum atomic E-state index is -3.51. The zero-order valence-corrected chi connectivity index (χ0v) is 74.9. The highest BCUT2D eigenvalue weighted by atomic mass is 32.2. The molecule has 5 unspecified atom stereocenters. The summed E-state index contributed by atoms with van der Waals surface area (Å²) in [6, 6.07) is 68.9. The van der Waals surface area contributed by atoms with Gasteiger partial charge in [0, 0.05) is 85.3 Å². The average molecular weight is 1830 g/mol. The summed E-state index contributed by atoms with van der Waals surface area (Å²) < 4.78 is 71.2. The molecule has 678 valence electrons. The van der Waals surface area contributed by atoms with Crippen LogP contribution in [-0.2, 0) is 30.6 Å². The maximum absolute atomic E-state index is 12.4. The number of anilines is 4. The normalized spacial score (nSPS) is 16.7. The number of sulfonamides is 1. The number of likely N-dealkylation sites (tertiary alicyclic amines) is 2. The van der Waals surface area contributed by atoms with Crippen molar-refractivity contribution < 1.29 is 41.2 Å². The monoisotopic (exact) mass is 1830 g/mol. The van der Waals surface area contributed by atoms with Gasteiger partial charge in [-0.15, -0.1) is 6.42 Å². The lowest BCUT2D eigenvalue weighted by atomic mass is 10.1. The van der Waals surface area contributed by atoms with E-state index in [0.29, 0.717) is 137 Å². The Hall–Kier alpha value is -15.9. The second-order valence-corrected chi connectivity index (χ2v) is 35.2. The first kappa shape index (κ1) is 90.1. The van der Waals surface area contributed by atoms with Crippen LogP contribution in [0, 0.1) is 11.7 Å². The van der Waals surface area contributed by atoms with Gasteiger partial charge in [-0.3, -0.25) is 9.59 Å². The molecule has 35 heteroatoms. The molecule has 4 aliphatic rings. The fraction of sp³-hybridized carbons (Fsp3) is 0.212. The lowest BCUT2D eigenvalue weighted by Gasteiger charge is -2.32. The summed E-state index contributed by atoms with van der Waals surface area (Å²) in [5, 5.41) is 25.7. The van der Waals surface area contributed by atoms with Crippen LogP contribution in [0.3, 0.4) is 0 Å². The Morgan fingerprint density at radius 3 is 0.978 bits per heavy atom. The van der Waals surface area contributed by atoms with E-state index in [-0.39, 0.29) is 36.0 Å². The summed E-state index contributed by atoms with van der Waals surface area (Å²) in [7, 11) is -4.96. The molecular weight excluding hydrogens is 1730 g/mol. The van der Waals surface area contributed by atoms with E-state index in [1.54, 1.807) is 26.0 Å². The Bertz CT molecular complexity index is 7110. The van der Waals surface area contributed by atoms with Gasteiger partial charge in [0.05, 0.1) is 45.7 Å². The lowest BCUT2D eigenvalue weighted by Crippen LogP contribution is -2.40. The van der Waals surface area contributed by atoms with Crippen molar-refractivity contribution >= 4 is 100 Å². The third-order valence-corrected chi connectivity index (χ3v) is 25.9. The first-order chi connectivity index (χ1) is 65.4. The summed E-state index contributed by atoms with van der Waals surface area (Å²) >= 11 is 0. The molecule has 0 aliphatic carbocycles. The zero-order valence-electron chi connectivity index (χ0n) is 73.3. The highest BCUT2D eigenvalue weighted by molar-refractivity contribution is 7.92. The number of hydrogen-bond acceptors (Lipinski definition) is 25. The number of nitrogens with zero attached hydrogens (tertiary/aromatic N) is 20. The molecule has 0 saturated carbocycles. The predicted molar refractivity (Wildman–Crippen MR) is 517 cm³/mol. The number of carbonyl (C=O) groups is 2. The molecule has 0 radical (unpaired) electrons. The topological polar surface area (TPSA) is 414 Å². The summed E-state index contributed by atoms with van der Waals surface area (Å²) in [5.41, 5.74) is 33.9. The Balaban J connectivity index is 0.000000124. The van der Waals surface area contributed by atoms with E-state index in [9.17, 15) is 22.2 Å². The molecule has 5 atom stereocenters. The van der Waals surface area contributed by atoms with Crippen LogP contribution in [0.2, 0.25) is 0 Å². The first-order valence-corrected chi connectivity index (χ1v) is 46.4. The van der Waals surface area contributed by atoms with E-state index in [4.69, 9.17) is 68.7 Å². The highest BCUT2D eigenvalue weighted by Gasteiger charge is 2.35. The van der Waals surface area contributed by atoms with E-state index >= 15 is 0 Å². The number of benzene rings is 8.